The zero-order valence-corrected chi connectivity index (χ0v) is 29.7. The minimum absolute atomic E-state index is 0.0276. The maximum Gasteiger partial charge on any atom is 0.421 e. The van der Waals surface area contributed by atoms with Crippen molar-refractivity contribution in [1.29, 1.82) is 0 Å². The van der Waals surface area contributed by atoms with Crippen LogP contribution in [0.5, 0.6) is 0 Å². The van der Waals surface area contributed by atoms with Crippen LogP contribution in [-0.2, 0) is 58.1 Å². The monoisotopic (exact) mass is 759 g/mol. The number of aryl methyl sites for hydroxylation is 2. The number of hydrogen-bond acceptors (Lipinski definition) is 7. The lowest BCUT2D eigenvalue weighted by molar-refractivity contribution is -0.150. The molecule has 0 aliphatic carbocycles. The van der Waals surface area contributed by atoms with E-state index in [9.17, 15) is 35.9 Å². The third-order valence-electron chi connectivity index (χ3n) is 9.80. The van der Waals surface area contributed by atoms with Gasteiger partial charge in [-0.3, -0.25) is 9.69 Å². The molecule has 54 heavy (non-hydrogen) atoms. The first kappa shape index (κ1) is 38.5. The number of ether oxygens (including phenoxy) is 2. The number of carbonyl (C=O) groups excluding carboxylic acids is 2. The van der Waals surface area contributed by atoms with Crippen molar-refractivity contribution < 1.29 is 49.8 Å². The number of fused-ring (bicyclic) bond motifs is 2. The predicted molar refractivity (Wildman–Crippen MR) is 184 cm³/mol. The van der Waals surface area contributed by atoms with Crippen LogP contribution in [-0.4, -0.2) is 44.6 Å². The van der Waals surface area contributed by atoms with Crippen LogP contribution in [0.25, 0.3) is 27.8 Å². The summed E-state index contributed by atoms with van der Waals surface area (Å²) in [5, 5.41) is 5.38. The lowest BCUT2D eigenvalue weighted by Gasteiger charge is -2.33. The SMILES string of the molecule is CCc1cccc(CC)c1-n1nc2c(c1-c1ccc(F)c3c1ccn3C(=O)OCOC(=O)CN)CN(Cc1ccc(C(F)(F)F)cc1C(F)(F)F)C2(C)C. The molecule has 3 aromatic carbocycles. The molecule has 0 saturated carbocycles. The summed E-state index contributed by atoms with van der Waals surface area (Å²) in [7, 11) is 0. The number of hydrogen-bond donors (Lipinski definition) is 1. The van der Waals surface area contributed by atoms with Gasteiger partial charge in [-0.2, -0.15) is 31.4 Å². The second kappa shape index (κ2) is 14.2. The topological polar surface area (TPSA) is 105 Å². The number of alkyl halides is 6. The van der Waals surface area contributed by atoms with E-state index in [-0.39, 0.29) is 35.6 Å². The van der Waals surface area contributed by atoms with Crippen LogP contribution in [0.3, 0.4) is 0 Å². The summed E-state index contributed by atoms with van der Waals surface area (Å²) in [5.41, 5.74) is 5.58. The quantitative estimate of drug-likeness (QED) is 0.0914. The van der Waals surface area contributed by atoms with Crippen LogP contribution in [0.1, 0.15) is 66.8 Å². The van der Waals surface area contributed by atoms with E-state index in [1.807, 2.05) is 32.0 Å². The lowest BCUT2D eigenvalue weighted by Crippen LogP contribution is -2.36. The highest BCUT2D eigenvalue weighted by Gasteiger charge is 2.45. The van der Waals surface area contributed by atoms with Crippen molar-refractivity contribution in [2.45, 2.75) is 71.5 Å². The van der Waals surface area contributed by atoms with Gasteiger partial charge in [0.15, 0.2) is 0 Å². The number of rotatable bonds is 9. The third kappa shape index (κ3) is 6.83. The Bertz CT molecular complexity index is 2230. The highest BCUT2D eigenvalue weighted by molar-refractivity contribution is 6.00. The van der Waals surface area contributed by atoms with Gasteiger partial charge in [-0.1, -0.05) is 38.1 Å². The van der Waals surface area contributed by atoms with Gasteiger partial charge < -0.3 is 15.2 Å². The summed E-state index contributed by atoms with van der Waals surface area (Å²) in [6.07, 6.45) is -8.55. The van der Waals surface area contributed by atoms with Crippen LogP contribution in [0.2, 0.25) is 0 Å². The summed E-state index contributed by atoms with van der Waals surface area (Å²) in [5.74, 6) is -1.59. The van der Waals surface area contributed by atoms with Gasteiger partial charge in [0.2, 0.25) is 6.79 Å². The number of esters is 1. The van der Waals surface area contributed by atoms with E-state index in [0.717, 1.165) is 27.4 Å². The molecule has 2 N–H and O–H groups in total. The van der Waals surface area contributed by atoms with E-state index in [0.29, 0.717) is 41.4 Å². The van der Waals surface area contributed by atoms with Crippen molar-refractivity contribution in [1.82, 2.24) is 19.2 Å². The maximum absolute atomic E-state index is 15.6. The molecule has 9 nitrogen and oxygen atoms in total. The molecule has 0 atom stereocenters. The maximum atomic E-state index is 15.6. The number of carbonyl (C=O) groups is 2. The first-order valence-electron chi connectivity index (χ1n) is 17.0. The Balaban J connectivity index is 1.52. The molecule has 0 radical (unpaired) electrons. The highest BCUT2D eigenvalue weighted by Crippen LogP contribution is 2.47. The second-order valence-electron chi connectivity index (χ2n) is 13.3. The Hall–Kier alpha value is -5.22. The number of benzene rings is 3. The van der Waals surface area contributed by atoms with Gasteiger partial charge in [0.25, 0.3) is 0 Å². The van der Waals surface area contributed by atoms with E-state index in [2.05, 4.69) is 0 Å². The van der Waals surface area contributed by atoms with Crippen molar-refractivity contribution in [2.24, 2.45) is 5.73 Å². The Morgan fingerprint density at radius 1 is 0.907 bits per heavy atom. The third-order valence-corrected chi connectivity index (χ3v) is 9.80. The first-order valence-corrected chi connectivity index (χ1v) is 17.0. The van der Waals surface area contributed by atoms with Gasteiger partial charge in [-0.05, 0) is 73.7 Å². The number of nitrogens with two attached hydrogens (primary N) is 1. The van der Waals surface area contributed by atoms with Gasteiger partial charge in [-0.25, -0.2) is 18.4 Å². The molecule has 0 unspecified atom stereocenters. The van der Waals surface area contributed by atoms with Gasteiger partial charge in [0, 0.05) is 35.8 Å². The van der Waals surface area contributed by atoms with Crippen molar-refractivity contribution >= 4 is 23.0 Å². The molecule has 0 bridgehead atoms. The van der Waals surface area contributed by atoms with Crippen LogP contribution in [0, 0.1) is 5.82 Å². The van der Waals surface area contributed by atoms with Crippen LogP contribution in [0.15, 0.2) is 60.8 Å². The number of nitrogens with zero attached hydrogens (tertiary/aromatic N) is 4. The minimum atomic E-state index is -5.06. The smallest absolute Gasteiger partial charge is 0.421 e. The standard InChI is InChI=1S/C38H36F7N5O4/c1-5-21-8-7-9-22(6-2)31(21)50-32(25-12-13-29(39)33-26(25)14-15-49(33)35(52)54-20-53-30(51)17-46)27-19-48(36(3,4)34(27)47-50)18-23-10-11-24(37(40,41)42)16-28(23)38(43,44)45/h7-16H,5-6,17-20,46H2,1-4H3. The normalized spacial score (nSPS) is 14.4. The van der Waals surface area contributed by atoms with Crippen molar-refractivity contribution in [2.75, 3.05) is 13.3 Å². The van der Waals surface area contributed by atoms with Gasteiger partial charge in [-0.15, -0.1) is 0 Å². The van der Waals surface area contributed by atoms with E-state index in [1.54, 1.807) is 23.4 Å². The molecular formula is C38H36F7N5O4. The van der Waals surface area contributed by atoms with Gasteiger partial charge >= 0.3 is 24.4 Å². The summed E-state index contributed by atoms with van der Waals surface area (Å²) < 4.78 is 111. The van der Waals surface area contributed by atoms with E-state index in [1.165, 1.54) is 24.4 Å². The summed E-state index contributed by atoms with van der Waals surface area (Å²) in [4.78, 5) is 26.2. The Morgan fingerprint density at radius 3 is 2.20 bits per heavy atom. The summed E-state index contributed by atoms with van der Waals surface area (Å²) in [6, 6.07) is 11.7. The average Bonchev–Trinajstić information content (AvgIpc) is 3.80. The summed E-state index contributed by atoms with van der Waals surface area (Å²) in [6.45, 7) is 5.97. The average molecular weight is 760 g/mol. The fourth-order valence-corrected chi connectivity index (χ4v) is 7.02. The number of para-hydroxylation sites is 1. The van der Waals surface area contributed by atoms with E-state index in [4.69, 9.17) is 20.3 Å². The number of aromatic nitrogens is 3. The molecule has 286 valence electrons. The zero-order chi connectivity index (χ0) is 39.3. The molecule has 6 rings (SSSR count). The van der Waals surface area contributed by atoms with Crippen LogP contribution >= 0.6 is 0 Å². The molecule has 5 aromatic rings. The molecule has 0 spiro atoms. The Kier molecular flexibility index (Phi) is 10.1. The molecule has 1 aliphatic rings. The molecule has 1 aliphatic heterocycles. The molecule has 2 aromatic heterocycles. The lowest BCUT2D eigenvalue weighted by atomic mass is 9.96. The fraction of sp³-hybridized carbons (Fsp3) is 0.342. The summed E-state index contributed by atoms with van der Waals surface area (Å²) >= 11 is 0. The van der Waals surface area contributed by atoms with Crippen LogP contribution < -0.4 is 5.73 Å². The predicted octanol–water partition coefficient (Wildman–Crippen LogP) is 8.49. The number of halogens is 7. The fourth-order valence-electron chi connectivity index (χ4n) is 7.02. The van der Waals surface area contributed by atoms with E-state index >= 15 is 4.39 Å². The van der Waals surface area contributed by atoms with Crippen molar-refractivity contribution in [3.8, 4) is 16.9 Å². The largest absolute Gasteiger partial charge is 0.427 e. The molecular weight excluding hydrogens is 723 g/mol. The van der Waals surface area contributed by atoms with Gasteiger partial charge in [0.05, 0.1) is 45.8 Å². The van der Waals surface area contributed by atoms with E-state index < -0.39 is 60.2 Å². The second-order valence-corrected chi connectivity index (χ2v) is 13.3. The van der Waals surface area contributed by atoms with Crippen LogP contribution in [0.4, 0.5) is 35.5 Å². The molecule has 0 saturated heterocycles. The van der Waals surface area contributed by atoms with Gasteiger partial charge in [0.1, 0.15) is 5.82 Å². The first-order chi connectivity index (χ1) is 25.4. The zero-order valence-electron chi connectivity index (χ0n) is 29.7. The molecule has 3 heterocycles. The van der Waals surface area contributed by atoms with Crippen molar-refractivity contribution in [3.05, 3.63) is 106 Å². The minimum Gasteiger partial charge on any atom is -0.427 e. The highest BCUT2D eigenvalue weighted by atomic mass is 19.4. The Morgan fingerprint density at radius 2 is 1.59 bits per heavy atom. The molecule has 16 heteroatoms. The molecule has 0 fully saturated rings. The Labute approximate surface area is 305 Å². The molecule has 0 amide bonds. The van der Waals surface area contributed by atoms with Crippen molar-refractivity contribution in [3.63, 3.8) is 0 Å².